The topological polar surface area (TPSA) is 49.9 Å². The van der Waals surface area contributed by atoms with Crippen LogP contribution in [0.4, 0.5) is 0 Å². The Hall–Kier alpha value is -0.940. The number of aryl methyl sites for hydroxylation is 1. The Kier molecular flexibility index (Phi) is 4.03. The first-order chi connectivity index (χ1) is 6.65. The molecular weight excluding hydrogens is 198 g/mol. The average molecular weight is 213 g/mol. The fraction of sp³-hybridized carbons (Fsp3) is 0.556. The summed E-state index contributed by atoms with van der Waals surface area (Å²) in [6, 6.07) is 0. The van der Waals surface area contributed by atoms with E-state index in [9.17, 15) is 0 Å². The molecule has 78 valence electrons. The van der Waals surface area contributed by atoms with Crippen LogP contribution in [0.3, 0.4) is 0 Å². The lowest BCUT2D eigenvalue weighted by Gasteiger charge is -2.00. The summed E-state index contributed by atoms with van der Waals surface area (Å²) in [7, 11) is 0. The third-order valence-electron chi connectivity index (χ3n) is 1.65. The molecule has 4 nitrogen and oxygen atoms in total. The molecule has 0 saturated carbocycles. The minimum atomic E-state index is 0.125. The van der Waals surface area contributed by atoms with Crippen LogP contribution in [0, 0.1) is 6.92 Å². The highest BCUT2D eigenvalue weighted by atomic mass is 32.1. The number of thiazole rings is 1. The van der Waals surface area contributed by atoms with E-state index in [1.807, 2.05) is 30.7 Å². The fourth-order valence-electron chi connectivity index (χ4n) is 1.01. The molecule has 0 radical (unpaired) electrons. The maximum absolute atomic E-state index is 8.87. The lowest BCUT2D eigenvalue weighted by Crippen LogP contribution is -2.18. The monoisotopic (exact) mass is 213 g/mol. The van der Waals surface area contributed by atoms with Gasteiger partial charge in [0.15, 0.2) is 0 Å². The van der Waals surface area contributed by atoms with Gasteiger partial charge in [0, 0.05) is 23.3 Å². The number of hydrogen-bond acceptors (Lipinski definition) is 4. The molecule has 1 N–H and O–H groups in total. The normalized spacial score (nSPS) is 11.9. The minimum absolute atomic E-state index is 0.125. The Morgan fingerprint density at radius 2 is 2.29 bits per heavy atom. The predicted molar refractivity (Wildman–Crippen MR) is 58.5 cm³/mol. The number of aliphatic hydroxyl groups excluding tert-OH is 1. The Morgan fingerprint density at radius 3 is 2.86 bits per heavy atom. The number of hydrogen-bond donors (Lipinski definition) is 1. The maximum atomic E-state index is 8.87. The standard InChI is InChI=1S/C9H15N3OS/c1-7(2)10-11-9-12(4-5-13)8(3)6-14-9/h6,13H,4-5H2,1-3H3. The maximum Gasteiger partial charge on any atom is 0.210 e. The van der Waals surface area contributed by atoms with E-state index in [1.165, 1.54) is 11.3 Å². The van der Waals surface area contributed by atoms with Gasteiger partial charge in [-0.25, -0.2) is 0 Å². The van der Waals surface area contributed by atoms with Gasteiger partial charge in [-0.2, -0.15) is 5.10 Å². The van der Waals surface area contributed by atoms with Gasteiger partial charge in [-0.1, -0.05) is 0 Å². The van der Waals surface area contributed by atoms with Crippen LogP contribution in [0.1, 0.15) is 19.5 Å². The lowest BCUT2D eigenvalue weighted by atomic mass is 10.5. The third kappa shape index (κ3) is 2.78. The largest absolute Gasteiger partial charge is 0.395 e. The second kappa shape index (κ2) is 5.07. The molecule has 0 aliphatic rings. The van der Waals surface area contributed by atoms with E-state index in [1.54, 1.807) is 0 Å². The van der Waals surface area contributed by atoms with Crippen molar-refractivity contribution in [3.8, 4) is 0 Å². The first-order valence-electron chi connectivity index (χ1n) is 4.46. The zero-order valence-corrected chi connectivity index (χ0v) is 9.51. The second-order valence-corrected chi connectivity index (χ2v) is 4.02. The van der Waals surface area contributed by atoms with Gasteiger partial charge >= 0.3 is 0 Å². The summed E-state index contributed by atoms with van der Waals surface area (Å²) in [5.74, 6) is 0. The number of rotatable bonds is 3. The Balaban J connectivity index is 3.08. The summed E-state index contributed by atoms with van der Waals surface area (Å²) in [6.45, 7) is 6.50. The summed E-state index contributed by atoms with van der Waals surface area (Å²) in [5, 5.41) is 19.0. The van der Waals surface area contributed by atoms with E-state index < -0.39 is 0 Å². The van der Waals surface area contributed by atoms with Crippen molar-refractivity contribution >= 4 is 17.0 Å². The van der Waals surface area contributed by atoms with E-state index in [4.69, 9.17) is 5.11 Å². The van der Waals surface area contributed by atoms with E-state index in [2.05, 4.69) is 10.2 Å². The van der Waals surface area contributed by atoms with Crippen LogP contribution in [-0.2, 0) is 6.54 Å². The van der Waals surface area contributed by atoms with Crippen LogP contribution < -0.4 is 4.80 Å². The molecule has 0 fully saturated rings. The molecule has 0 unspecified atom stereocenters. The zero-order chi connectivity index (χ0) is 10.6. The zero-order valence-electron chi connectivity index (χ0n) is 8.69. The quantitative estimate of drug-likeness (QED) is 0.594. The van der Waals surface area contributed by atoms with Crippen LogP contribution >= 0.6 is 11.3 Å². The van der Waals surface area contributed by atoms with Crippen LogP contribution in [0.2, 0.25) is 0 Å². The molecule has 0 spiro atoms. The van der Waals surface area contributed by atoms with Crippen molar-refractivity contribution in [2.45, 2.75) is 27.3 Å². The molecule has 5 heteroatoms. The molecule has 0 aromatic carbocycles. The van der Waals surface area contributed by atoms with Gasteiger partial charge in [0.1, 0.15) is 0 Å². The van der Waals surface area contributed by atoms with E-state index in [0.717, 1.165) is 16.2 Å². The van der Waals surface area contributed by atoms with Gasteiger partial charge in [0.25, 0.3) is 0 Å². The molecule has 0 saturated heterocycles. The van der Waals surface area contributed by atoms with Crippen molar-refractivity contribution in [1.82, 2.24) is 4.57 Å². The van der Waals surface area contributed by atoms with Gasteiger partial charge < -0.3 is 9.67 Å². The van der Waals surface area contributed by atoms with E-state index in [-0.39, 0.29) is 6.61 Å². The number of aliphatic hydroxyl groups is 1. The summed E-state index contributed by atoms with van der Waals surface area (Å²) in [4.78, 5) is 0.831. The molecule has 1 heterocycles. The van der Waals surface area contributed by atoms with Crippen molar-refractivity contribution in [1.29, 1.82) is 0 Å². The van der Waals surface area contributed by atoms with Crippen LogP contribution in [0.25, 0.3) is 0 Å². The first-order valence-corrected chi connectivity index (χ1v) is 5.34. The summed E-state index contributed by atoms with van der Waals surface area (Å²) in [6.07, 6.45) is 0. The highest BCUT2D eigenvalue weighted by Crippen LogP contribution is 1.99. The molecule has 0 bridgehead atoms. The molecule has 0 aliphatic carbocycles. The van der Waals surface area contributed by atoms with Crippen LogP contribution in [0.5, 0.6) is 0 Å². The van der Waals surface area contributed by atoms with Crippen molar-refractivity contribution < 1.29 is 5.11 Å². The number of nitrogens with zero attached hydrogens (tertiary/aromatic N) is 3. The molecule has 0 atom stereocenters. The summed E-state index contributed by atoms with van der Waals surface area (Å²) >= 11 is 1.54. The smallest absolute Gasteiger partial charge is 0.210 e. The van der Waals surface area contributed by atoms with Crippen molar-refractivity contribution in [2.24, 2.45) is 10.2 Å². The predicted octanol–water partition coefficient (Wildman–Crippen LogP) is 1.15. The van der Waals surface area contributed by atoms with Gasteiger partial charge in [0.05, 0.1) is 6.61 Å². The third-order valence-corrected chi connectivity index (χ3v) is 2.62. The Bertz CT molecular complexity index is 385. The number of aromatic nitrogens is 1. The van der Waals surface area contributed by atoms with Crippen molar-refractivity contribution in [2.75, 3.05) is 6.61 Å². The van der Waals surface area contributed by atoms with Crippen LogP contribution in [0.15, 0.2) is 15.6 Å². The van der Waals surface area contributed by atoms with E-state index in [0.29, 0.717) is 6.54 Å². The summed E-state index contributed by atoms with van der Waals surface area (Å²) < 4.78 is 1.96. The Labute approximate surface area is 87.2 Å². The SMILES string of the molecule is CC(C)=NN=c1scc(C)n1CCO. The van der Waals surface area contributed by atoms with Gasteiger partial charge in [-0.05, 0) is 20.8 Å². The van der Waals surface area contributed by atoms with Gasteiger partial charge in [0.2, 0.25) is 4.80 Å². The van der Waals surface area contributed by atoms with Crippen LogP contribution in [-0.4, -0.2) is 22.0 Å². The summed E-state index contributed by atoms with van der Waals surface area (Å²) in [5.41, 5.74) is 2.03. The van der Waals surface area contributed by atoms with Crippen molar-refractivity contribution in [3.63, 3.8) is 0 Å². The second-order valence-electron chi connectivity index (χ2n) is 3.18. The minimum Gasteiger partial charge on any atom is -0.395 e. The highest BCUT2D eigenvalue weighted by Gasteiger charge is 1.99. The molecular formula is C9H15N3OS. The Morgan fingerprint density at radius 1 is 1.57 bits per heavy atom. The highest BCUT2D eigenvalue weighted by molar-refractivity contribution is 7.07. The van der Waals surface area contributed by atoms with Gasteiger partial charge in [-0.15, -0.1) is 16.4 Å². The van der Waals surface area contributed by atoms with Crippen molar-refractivity contribution in [3.05, 3.63) is 15.9 Å². The fourth-order valence-corrected chi connectivity index (χ4v) is 1.86. The molecule has 1 aromatic rings. The molecule has 0 amide bonds. The first kappa shape index (κ1) is 11.1. The van der Waals surface area contributed by atoms with Gasteiger partial charge in [-0.3, -0.25) is 0 Å². The molecule has 0 aliphatic heterocycles. The molecule has 14 heavy (non-hydrogen) atoms. The van der Waals surface area contributed by atoms with E-state index >= 15 is 0 Å². The lowest BCUT2D eigenvalue weighted by molar-refractivity contribution is 0.273. The molecule has 1 aromatic heterocycles. The average Bonchev–Trinajstić information content (AvgIpc) is 2.46. The molecule has 1 rings (SSSR count).